The van der Waals surface area contributed by atoms with Crippen molar-refractivity contribution < 1.29 is 19.1 Å². The van der Waals surface area contributed by atoms with Gasteiger partial charge in [0.1, 0.15) is 6.10 Å². The van der Waals surface area contributed by atoms with E-state index in [9.17, 15) is 9.59 Å². The third kappa shape index (κ3) is 2.34. The predicted molar refractivity (Wildman–Crippen MR) is 45.3 cm³/mol. The van der Waals surface area contributed by atoms with Gasteiger partial charge in [0.25, 0.3) is 0 Å². The van der Waals surface area contributed by atoms with Gasteiger partial charge >= 0.3 is 11.9 Å². The van der Waals surface area contributed by atoms with Crippen molar-refractivity contribution in [1.29, 1.82) is 0 Å². The molecular weight excluding hydrogens is 196 g/mol. The van der Waals surface area contributed by atoms with Crippen LogP contribution in [0, 0.1) is 5.92 Å². The summed E-state index contributed by atoms with van der Waals surface area (Å²) in [7, 11) is 0. The average Bonchev–Trinajstić information content (AvgIpc) is 2.47. The molecule has 0 amide bonds. The van der Waals surface area contributed by atoms with Gasteiger partial charge in [0, 0.05) is 6.42 Å². The number of hydrogen-bond donors (Lipinski definition) is 0. The van der Waals surface area contributed by atoms with E-state index in [0.29, 0.717) is 6.42 Å². The van der Waals surface area contributed by atoms with E-state index in [4.69, 9.17) is 21.1 Å². The summed E-state index contributed by atoms with van der Waals surface area (Å²) in [4.78, 5) is 22.2. The van der Waals surface area contributed by atoms with Crippen LogP contribution in [0.25, 0.3) is 0 Å². The summed E-state index contributed by atoms with van der Waals surface area (Å²) in [6.07, 6.45) is -0.00942. The molecule has 1 aliphatic rings. The lowest BCUT2D eigenvalue weighted by Gasteiger charge is -2.03. The third-order valence-electron chi connectivity index (χ3n) is 1.81. The molecule has 13 heavy (non-hydrogen) atoms. The molecule has 1 heterocycles. The maximum atomic E-state index is 11.2. The lowest BCUT2D eigenvalue weighted by atomic mass is 10.1. The standard InChI is InChI=1S/C8H11ClO4/c1-2-12-7(10)6-3-5(4-9)13-8(6)11/h5-6H,2-4H2,1H3/t5-,6-/m0/s1. The summed E-state index contributed by atoms with van der Waals surface area (Å²) >= 11 is 5.49. The highest BCUT2D eigenvalue weighted by atomic mass is 35.5. The first-order valence-corrected chi connectivity index (χ1v) is 4.65. The summed E-state index contributed by atoms with van der Waals surface area (Å²) in [5.74, 6) is -1.59. The zero-order chi connectivity index (χ0) is 9.84. The number of carbonyl (C=O) groups is 2. The number of alkyl halides is 1. The molecule has 0 aromatic rings. The van der Waals surface area contributed by atoms with Gasteiger partial charge in [0.15, 0.2) is 5.92 Å². The van der Waals surface area contributed by atoms with Crippen molar-refractivity contribution in [2.75, 3.05) is 12.5 Å². The largest absolute Gasteiger partial charge is 0.465 e. The van der Waals surface area contributed by atoms with E-state index in [1.54, 1.807) is 6.92 Å². The molecular formula is C8H11ClO4. The molecule has 0 aromatic carbocycles. The second kappa shape index (κ2) is 4.46. The highest BCUT2D eigenvalue weighted by Crippen LogP contribution is 2.23. The van der Waals surface area contributed by atoms with Crippen molar-refractivity contribution in [2.24, 2.45) is 5.92 Å². The van der Waals surface area contributed by atoms with Gasteiger partial charge in [-0.2, -0.15) is 0 Å². The highest BCUT2D eigenvalue weighted by molar-refractivity contribution is 6.18. The molecule has 0 aliphatic carbocycles. The quantitative estimate of drug-likeness (QED) is 0.388. The Hall–Kier alpha value is -0.770. The first kappa shape index (κ1) is 10.3. The maximum absolute atomic E-state index is 11.2. The Morgan fingerprint density at radius 2 is 2.46 bits per heavy atom. The van der Waals surface area contributed by atoms with Crippen LogP contribution in [0.4, 0.5) is 0 Å². The Morgan fingerprint density at radius 3 is 2.92 bits per heavy atom. The highest BCUT2D eigenvalue weighted by Gasteiger charge is 2.40. The number of ether oxygens (including phenoxy) is 2. The van der Waals surface area contributed by atoms with Crippen LogP contribution >= 0.6 is 11.6 Å². The Balaban J connectivity index is 2.52. The van der Waals surface area contributed by atoms with Crippen molar-refractivity contribution in [3.8, 4) is 0 Å². The SMILES string of the molecule is CCOC(=O)[C@@H]1C[C@@H](CCl)OC1=O. The molecule has 5 heteroatoms. The molecule has 0 aromatic heterocycles. The van der Waals surface area contributed by atoms with Crippen LogP contribution in [0.15, 0.2) is 0 Å². The molecule has 0 unspecified atom stereocenters. The molecule has 2 atom stereocenters. The molecule has 74 valence electrons. The molecule has 4 nitrogen and oxygen atoms in total. The Kier molecular flexibility index (Phi) is 3.54. The number of cyclic esters (lactones) is 1. The molecule has 0 saturated carbocycles. The van der Waals surface area contributed by atoms with Crippen molar-refractivity contribution in [1.82, 2.24) is 0 Å². The van der Waals surface area contributed by atoms with Gasteiger partial charge in [-0.15, -0.1) is 11.6 Å². The van der Waals surface area contributed by atoms with E-state index in [1.807, 2.05) is 0 Å². The Bertz CT molecular complexity index is 216. The summed E-state index contributed by atoms with van der Waals surface area (Å²) in [6.45, 7) is 1.96. The fraction of sp³-hybridized carbons (Fsp3) is 0.750. The Labute approximate surface area is 81.1 Å². The van der Waals surface area contributed by atoms with Gasteiger partial charge in [-0.3, -0.25) is 9.59 Å². The zero-order valence-electron chi connectivity index (χ0n) is 7.29. The first-order valence-electron chi connectivity index (χ1n) is 4.12. The van der Waals surface area contributed by atoms with Gasteiger partial charge in [0.05, 0.1) is 12.5 Å². The van der Waals surface area contributed by atoms with E-state index in [-0.39, 0.29) is 18.6 Å². The number of halogens is 1. The topological polar surface area (TPSA) is 52.6 Å². The van der Waals surface area contributed by atoms with E-state index < -0.39 is 17.9 Å². The van der Waals surface area contributed by atoms with E-state index in [2.05, 4.69) is 0 Å². The second-order valence-corrected chi connectivity index (χ2v) is 3.06. The van der Waals surface area contributed by atoms with Gasteiger partial charge in [-0.05, 0) is 6.92 Å². The Morgan fingerprint density at radius 1 is 1.77 bits per heavy atom. The number of carbonyl (C=O) groups excluding carboxylic acids is 2. The first-order chi connectivity index (χ1) is 6.19. The summed E-state index contributed by atoms with van der Waals surface area (Å²) < 4.78 is 9.53. The summed E-state index contributed by atoms with van der Waals surface area (Å²) in [5.41, 5.74) is 0. The van der Waals surface area contributed by atoms with Crippen LogP contribution in [-0.4, -0.2) is 30.5 Å². The average molecular weight is 207 g/mol. The fourth-order valence-electron chi connectivity index (χ4n) is 1.18. The third-order valence-corrected chi connectivity index (χ3v) is 2.15. The minimum Gasteiger partial charge on any atom is -0.465 e. The van der Waals surface area contributed by atoms with Crippen LogP contribution in [0.3, 0.4) is 0 Å². The zero-order valence-corrected chi connectivity index (χ0v) is 8.04. The van der Waals surface area contributed by atoms with Gasteiger partial charge in [-0.25, -0.2) is 0 Å². The van der Waals surface area contributed by atoms with Crippen LogP contribution in [0.1, 0.15) is 13.3 Å². The van der Waals surface area contributed by atoms with Crippen LogP contribution in [0.2, 0.25) is 0 Å². The van der Waals surface area contributed by atoms with Crippen molar-refractivity contribution in [3.05, 3.63) is 0 Å². The van der Waals surface area contributed by atoms with Crippen LogP contribution < -0.4 is 0 Å². The second-order valence-electron chi connectivity index (χ2n) is 2.75. The molecule has 1 saturated heterocycles. The molecule has 0 bridgehead atoms. The van der Waals surface area contributed by atoms with E-state index >= 15 is 0 Å². The smallest absolute Gasteiger partial charge is 0.320 e. The molecule has 0 spiro atoms. The maximum Gasteiger partial charge on any atom is 0.320 e. The number of rotatable bonds is 3. The van der Waals surface area contributed by atoms with Crippen LogP contribution in [0.5, 0.6) is 0 Å². The van der Waals surface area contributed by atoms with Crippen molar-refractivity contribution in [3.63, 3.8) is 0 Å². The lowest BCUT2D eigenvalue weighted by molar-refractivity contribution is -0.156. The van der Waals surface area contributed by atoms with Crippen molar-refractivity contribution >= 4 is 23.5 Å². The molecule has 1 fully saturated rings. The van der Waals surface area contributed by atoms with E-state index in [1.165, 1.54) is 0 Å². The van der Waals surface area contributed by atoms with Gasteiger partial charge in [0.2, 0.25) is 0 Å². The number of hydrogen-bond acceptors (Lipinski definition) is 4. The fourth-order valence-corrected chi connectivity index (χ4v) is 1.37. The summed E-state index contributed by atoms with van der Waals surface area (Å²) in [6, 6.07) is 0. The van der Waals surface area contributed by atoms with Gasteiger partial charge < -0.3 is 9.47 Å². The van der Waals surface area contributed by atoms with Gasteiger partial charge in [-0.1, -0.05) is 0 Å². The lowest BCUT2D eigenvalue weighted by Crippen LogP contribution is -2.21. The number of esters is 2. The molecule has 0 N–H and O–H groups in total. The summed E-state index contributed by atoms with van der Waals surface area (Å²) in [5, 5.41) is 0. The predicted octanol–water partition coefficient (Wildman–Crippen LogP) is 0.720. The monoisotopic (exact) mass is 206 g/mol. The normalized spacial score (nSPS) is 27.1. The van der Waals surface area contributed by atoms with E-state index in [0.717, 1.165) is 0 Å². The minimum absolute atomic E-state index is 0.224. The minimum atomic E-state index is -0.774. The molecule has 0 radical (unpaired) electrons. The molecule has 1 rings (SSSR count). The van der Waals surface area contributed by atoms with Crippen molar-refractivity contribution in [2.45, 2.75) is 19.4 Å². The molecule has 1 aliphatic heterocycles. The van der Waals surface area contributed by atoms with Crippen LogP contribution in [-0.2, 0) is 19.1 Å².